The summed E-state index contributed by atoms with van der Waals surface area (Å²) in [6, 6.07) is 0. The zero-order chi connectivity index (χ0) is 11.7. The van der Waals surface area contributed by atoms with E-state index >= 15 is 0 Å². The first-order valence-electron chi connectivity index (χ1n) is 4.62. The van der Waals surface area contributed by atoms with E-state index in [1.165, 1.54) is 0 Å². The molecule has 6 nitrogen and oxygen atoms in total. The van der Waals surface area contributed by atoms with Crippen LogP contribution in [0.1, 0.15) is 13.3 Å². The highest BCUT2D eigenvalue weighted by atomic mass is 31.1. The number of hydrogen-bond donors (Lipinski definition) is 2. The second-order valence-electron chi connectivity index (χ2n) is 2.79. The lowest BCUT2D eigenvalue weighted by atomic mass is 10.3. The summed E-state index contributed by atoms with van der Waals surface area (Å²) in [5.74, 6) is -0.684. The van der Waals surface area contributed by atoms with Gasteiger partial charge in [0.25, 0.3) is 6.16 Å². The summed E-state index contributed by atoms with van der Waals surface area (Å²) in [6.07, 6.45) is -0.526. The molecule has 7 heteroatoms. The molecule has 88 valence electrons. The monoisotopic (exact) mass is 239 g/mol. The summed E-state index contributed by atoms with van der Waals surface area (Å²) < 4.78 is 20.3. The number of hydrogen-bond acceptors (Lipinski definition) is 6. The van der Waals surface area contributed by atoms with Crippen LogP contribution in [-0.2, 0) is 18.6 Å². The highest BCUT2D eigenvalue weighted by molar-refractivity contribution is 7.40. The Hall–Kier alpha value is -0.550. The second-order valence-corrected chi connectivity index (χ2v) is 4.03. The maximum atomic E-state index is 11.1. The summed E-state index contributed by atoms with van der Waals surface area (Å²) in [5, 5.41) is 17.4. The fourth-order valence-corrected chi connectivity index (χ4v) is 1.37. The summed E-state index contributed by atoms with van der Waals surface area (Å²) >= 11 is 0. The molecule has 0 aromatic rings. The van der Waals surface area contributed by atoms with Crippen molar-refractivity contribution in [3.8, 4) is 0 Å². The molecule has 0 bridgehead atoms. The largest absolute Gasteiger partial charge is 0.520 e. The Morgan fingerprint density at radius 3 is 2.73 bits per heavy atom. The minimum atomic E-state index is -2.14. The summed E-state index contributed by atoms with van der Waals surface area (Å²) in [6.45, 7) is 1.33. The maximum absolute atomic E-state index is 11.1. The molecule has 0 aromatic heterocycles. The Bertz CT molecular complexity index is 207. The Kier molecular flexibility index (Phi) is 8.41. The molecule has 0 aliphatic rings. The van der Waals surface area contributed by atoms with E-state index in [0.29, 0.717) is 6.42 Å². The van der Waals surface area contributed by atoms with Gasteiger partial charge in [0.05, 0.1) is 12.7 Å². The lowest BCUT2D eigenvalue weighted by Crippen LogP contribution is -2.14. The Labute approximate surface area is 89.1 Å². The maximum Gasteiger partial charge on any atom is 0.520 e. The number of esters is 1. The average Bonchev–Trinajstić information content (AvgIpc) is 2.22. The number of aliphatic hydroxyl groups is 2. The Balaban J connectivity index is 3.60. The molecular formula is C8H16O6P+. The van der Waals surface area contributed by atoms with Crippen LogP contribution in [0.2, 0.25) is 0 Å². The molecule has 2 atom stereocenters. The molecule has 0 spiro atoms. The molecule has 0 heterocycles. The van der Waals surface area contributed by atoms with E-state index in [1.54, 1.807) is 6.92 Å². The van der Waals surface area contributed by atoms with Gasteiger partial charge < -0.3 is 14.9 Å². The van der Waals surface area contributed by atoms with Crippen LogP contribution in [0.5, 0.6) is 0 Å². The van der Waals surface area contributed by atoms with Gasteiger partial charge in [0, 0.05) is 0 Å². The molecule has 0 radical (unpaired) electrons. The summed E-state index contributed by atoms with van der Waals surface area (Å²) in [4.78, 5) is 10.9. The van der Waals surface area contributed by atoms with Crippen molar-refractivity contribution >= 4 is 14.0 Å². The molecule has 0 rings (SSSR count). The average molecular weight is 239 g/mol. The molecule has 0 aromatic carbocycles. The van der Waals surface area contributed by atoms with E-state index in [4.69, 9.17) is 14.7 Å². The van der Waals surface area contributed by atoms with Gasteiger partial charge in [-0.15, -0.1) is 4.52 Å². The van der Waals surface area contributed by atoms with Gasteiger partial charge in [-0.2, -0.15) is 0 Å². The zero-order valence-corrected chi connectivity index (χ0v) is 9.48. The van der Waals surface area contributed by atoms with Gasteiger partial charge >= 0.3 is 14.0 Å². The van der Waals surface area contributed by atoms with Gasteiger partial charge in [-0.05, 0) is 11.0 Å². The van der Waals surface area contributed by atoms with Crippen molar-refractivity contribution in [1.29, 1.82) is 0 Å². The number of carbonyl (C=O) groups excluding carboxylic acids is 1. The van der Waals surface area contributed by atoms with Crippen molar-refractivity contribution in [2.45, 2.75) is 19.4 Å². The molecule has 0 fully saturated rings. The van der Waals surface area contributed by atoms with Crippen molar-refractivity contribution in [1.82, 2.24) is 0 Å². The molecule has 2 N–H and O–H groups in total. The van der Waals surface area contributed by atoms with Crippen LogP contribution in [0.15, 0.2) is 0 Å². The molecule has 15 heavy (non-hydrogen) atoms. The van der Waals surface area contributed by atoms with Crippen molar-refractivity contribution < 1.29 is 28.8 Å². The van der Waals surface area contributed by atoms with Gasteiger partial charge in [-0.1, -0.05) is 6.92 Å². The van der Waals surface area contributed by atoms with E-state index < -0.39 is 20.1 Å². The third-order valence-electron chi connectivity index (χ3n) is 1.49. The molecule has 0 saturated heterocycles. The van der Waals surface area contributed by atoms with E-state index in [0.717, 1.165) is 0 Å². The zero-order valence-electron chi connectivity index (χ0n) is 8.59. The summed E-state index contributed by atoms with van der Waals surface area (Å²) in [5.41, 5.74) is 0. The van der Waals surface area contributed by atoms with Gasteiger partial charge in [-0.3, -0.25) is 0 Å². The lowest BCUT2D eigenvalue weighted by Gasteiger charge is -2.01. The Morgan fingerprint density at radius 2 is 2.20 bits per heavy atom. The highest BCUT2D eigenvalue weighted by Gasteiger charge is 2.25. The van der Waals surface area contributed by atoms with Crippen molar-refractivity contribution in [3.05, 3.63) is 0 Å². The predicted molar refractivity (Wildman–Crippen MR) is 52.8 cm³/mol. The number of aliphatic hydroxyl groups excluding tert-OH is 2. The van der Waals surface area contributed by atoms with Crippen LogP contribution in [0, 0.1) is 0 Å². The summed E-state index contributed by atoms with van der Waals surface area (Å²) in [7, 11) is -2.14. The minimum absolute atomic E-state index is 0.0566. The van der Waals surface area contributed by atoms with Crippen LogP contribution in [0.25, 0.3) is 0 Å². The van der Waals surface area contributed by atoms with E-state index in [2.05, 4.69) is 4.74 Å². The molecule has 0 amide bonds. The smallest absolute Gasteiger partial charge is 0.460 e. The fourth-order valence-electron chi connectivity index (χ4n) is 0.643. The van der Waals surface area contributed by atoms with Crippen LogP contribution < -0.4 is 0 Å². The Morgan fingerprint density at radius 1 is 1.53 bits per heavy atom. The van der Waals surface area contributed by atoms with Gasteiger partial charge in [-0.25, -0.2) is 4.79 Å². The highest BCUT2D eigenvalue weighted by Crippen LogP contribution is 2.22. The predicted octanol–water partition coefficient (Wildman–Crippen LogP) is 0.0518. The molecule has 0 saturated carbocycles. The first-order chi connectivity index (χ1) is 7.10. The first kappa shape index (κ1) is 14.5. The van der Waals surface area contributed by atoms with Gasteiger partial charge in [0.2, 0.25) is 0 Å². The lowest BCUT2D eigenvalue weighted by molar-refractivity contribution is -0.141. The molecular weight excluding hydrogens is 223 g/mol. The quantitative estimate of drug-likeness (QED) is 0.459. The topological polar surface area (TPSA) is 93.1 Å². The molecule has 2 unspecified atom stereocenters. The number of carbonyl (C=O) groups is 1. The standard InChI is InChI=1S/C8H16O6P/c1-2-7(10)5-14-15(12)6-8(11)13-4-3-9/h7,9-10H,2-6H2,1H3/q+1. The number of ether oxygens (including phenoxy) is 1. The third kappa shape index (κ3) is 8.44. The first-order valence-corrected chi connectivity index (χ1v) is 5.98. The SMILES string of the molecule is CCC(O)CO[P+](=O)CC(=O)OCCO. The van der Waals surface area contributed by atoms with Crippen LogP contribution in [-0.4, -0.2) is 48.3 Å². The van der Waals surface area contributed by atoms with E-state index in [-0.39, 0.29) is 26.0 Å². The fraction of sp³-hybridized carbons (Fsp3) is 0.875. The van der Waals surface area contributed by atoms with Crippen LogP contribution in [0.3, 0.4) is 0 Å². The normalized spacial score (nSPS) is 13.4. The van der Waals surface area contributed by atoms with Crippen LogP contribution in [0.4, 0.5) is 0 Å². The third-order valence-corrected chi connectivity index (χ3v) is 2.45. The van der Waals surface area contributed by atoms with E-state index in [9.17, 15) is 9.36 Å². The second kappa shape index (κ2) is 8.73. The van der Waals surface area contributed by atoms with Crippen LogP contribution >= 0.6 is 8.03 Å². The minimum Gasteiger partial charge on any atom is -0.460 e. The van der Waals surface area contributed by atoms with E-state index in [1.807, 2.05) is 0 Å². The molecule has 0 aliphatic carbocycles. The van der Waals surface area contributed by atoms with Gasteiger partial charge in [0.15, 0.2) is 0 Å². The molecule has 0 aliphatic heterocycles. The van der Waals surface area contributed by atoms with Crippen molar-refractivity contribution in [2.24, 2.45) is 0 Å². The van der Waals surface area contributed by atoms with Crippen molar-refractivity contribution in [2.75, 3.05) is 26.0 Å². The number of rotatable bonds is 8. The van der Waals surface area contributed by atoms with Gasteiger partial charge in [0.1, 0.15) is 13.2 Å². The van der Waals surface area contributed by atoms with Crippen molar-refractivity contribution in [3.63, 3.8) is 0 Å².